The number of halogens is 1. The summed E-state index contributed by atoms with van der Waals surface area (Å²) in [6, 6.07) is 0.456. The topological polar surface area (TPSA) is 125 Å². The number of rotatable bonds is 6. The van der Waals surface area contributed by atoms with Crippen LogP contribution in [0, 0.1) is 29.1 Å². The van der Waals surface area contributed by atoms with E-state index >= 15 is 0 Å². The number of nitrogens with two attached hydrogens (primary N) is 2. The highest BCUT2D eigenvalue weighted by atomic mass is 35.5. The van der Waals surface area contributed by atoms with Gasteiger partial charge in [-0.3, -0.25) is 19.9 Å². The minimum Gasteiger partial charge on any atom is -0.387 e. The Morgan fingerprint density at radius 1 is 0.906 bits per heavy atom. The van der Waals surface area contributed by atoms with Crippen LogP contribution in [0.1, 0.15) is 77.0 Å². The van der Waals surface area contributed by atoms with Gasteiger partial charge in [-0.15, -0.1) is 11.6 Å². The lowest BCUT2D eigenvalue weighted by Crippen LogP contribution is -2.52. The highest BCUT2D eigenvalue weighted by molar-refractivity contribution is 6.20. The predicted molar refractivity (Wildman–Crippen MR) is 126 cm³/mol. The van der Waals surface area contributed by atoms with Crippen molar-refractivity contribution in [1.82, 2.24) is 10.2 Å². The van der Waals surface area contributed by atoms with Gasteiger partial charge in [0.2, 0.25) is 11.8 Å². The zero-order valence-corrected chi connectivity index (χ0v) is 19.9. The third-order valence-corrected chi connectivity index (χ3v) is 9.21. The highest BCUT2D eigenvalue weighted by Gasteiger charge is 2.48. The fraction of sp³-hybridized carbons (Fsp3) is 0.875. The summed E-state index contributed by atoms with van der Waals surface area (Å²) in [4.78, 5) is 27.5. The number of nitrogens with one attached hydrogen (secondary N) is 2. The summed E-state index contributed by atoms with van der Waals surface area (Å²) in [6.07, 6.45) is 11.4. The van der Waals surface area contributed by atoms with E-state index in [0.717, 1.165) is 83.6 Å². The quantitative estimate of drug-likeness (QED) is 0.273. The van der Waals surface area contributed by atoms with E-state index in [1.807, 2.05) is 0 Å². The van der Waals surface area contributed by atoms with E-state index in [0.29, 0.717) is 17.9 Å². The second-order valence-electron chi connectivity index (χ2n) is 10.8. The van der Waals surface area contributed by atoms with Gasteiger partial charge in [0.1, 0.15) is 0 Å². The van der Waals surface area contributed by atoms with E-state index < -0.39 is 0 Å². The Morgan fingerprint density at radius 2 is 1.56 bits per heavy atom. The Hall–Kier alpha value is -1.34. The molecule has 180 valence electrons. The molecule has 0 bridgehead atoms. The first kappa shape index (κ1) is 23.8. The van der Waals surface area contributed by atoms with Crippen molar-refractivity contribution < 1.29 is 9.59 Å². The van der Waals surface area contributed by atoms with Crippen molar-refractivity contribution in [3.63, 3.8) is 0 Å². The summed E-state index contributed by atoms with van der Waals surface area (Å²) < 4.78 is 0. The van der Waals surface area contributed by atoms with Crippen molar-refractivity contribution in [2.24, 2.45) is 35.1 Å². The van der Waals surface area contributed by atoms with Gasteiger partial charge < -0.3 is 16.8 Å². The van der Waals surface area contributed by atoms with Crippen LogP contribution in [-0.4, -0.2) is 52.6 Å². The number of nitrogens with zero attached hydrogens (tertiary/aromatic N) is 1. The molecular formula is C24H40ClN5O2. The lowest BCUT2D eigenvalue weighted by Gasteiger charge is -2.40. The number of primary amides is 1. The maximum absolute atomic E-state index is 13.4. The standard InChI is InChI=1S/C24H40ClN5O2/c25-18-7-9-19(10-8-18)29-24(32)21-11-16-5-6-17(22(26)27)12-20(16)30(21)13-14-1-3-15(4-2-14)23(28)31/h14-21H,1-13H2,(H3,26,27)(H2,28,31)(H,29,32). The molecule has 0 aromatic rings. The van der Waals surface area contributed by atoms with Crippen LogP contribution in [-0.2, 0) is 9.59 Å². The second kappa shape index (κ2) is 10.3. The van der Waals surface area contributed by atoms with Gasteiger partial charge in [-0.05, 0) is 88.9 Å². The number of likely N-dealkylation sites (tertiary alicyclic amines) is 1. The summed E-state index contributed by atoms with van der Waals surface area (Å²) in [7, 11) is 0. The average Bonchev–Trinajstić information content (AvgIpc) is 3.13. The first-order valence-electron chi connectivity index (χ1n) is 12.6. The van der Waals surface area contributed by atoms with Gasteiger partial charge in [-0.2, -0.15) is 0 Å². The van der Waals surface area contributed by atoms with Crippen LogP contribution < -0.4 is 16.8 Å². The van der Waals surface area contributed by atoms with Crippen molar-refractivity contribution in [3.05, 3.63) is 0 Å². The van der Waals surface area contributed by atoms with Gasteiger partial charge in [-0.25, -0.2) is 0 Å². The molecule has 4 aliphatic rings. The summed E-state index contributed by atoms with van der Waals surface area (Å²) >= 11 is 6.25. The molecule has 3 saturated carbocycles. The normalized spacial score (nSPS) is 40.4. The Bertz CT molecular complexity index is 703. The summed E-state index contributed by atoms with van der Waals surface area (Å²) in [5.41, 5.74) is 11.4. The van der Waals surface area contributed by atoms with Crippen molar-refractivity contribution in [1.29, 1.82) is 5.41 Å². The highest BCUT2D eigenvalue weighted by Crippen LogP contribution is 2.43. The van der Waals surface area contributed by atoms with Crippen molar-refractivity contribution in [2.45, 2.75) is 101 Å². The van der Waals surface area contributed by atoms with E-state index in [1.165, 1.54) is 0 Å². The molecule has 2 amide bonds. The molecular weight excluding hydrogens is 426 g/mol. The number of carbonyl (C=O) groups excluding carboxylic acids is 2. The molecule has 8 heteroatoms. The van der Waals surface area contributed by atoms with E-state index in [4.69, 9.17) is 28.5 Å². The average molecular weight is 466 g/mol. The largest absolute Gasteiger partial charge is 0.387 e. The van der Waals surface area contributed by atoms with Gasteiger partial charge >= 0.3 is 0 Å². The van der Waals surface area contributed by atoms with E-state index in [1.54, 1.807) is 0 Å². The Labute approximate surface area is 196 Å². The molecule has 3 aliphatic carbocycles. The number of hydrogen-bond acceptors (Lipinski definition) is 4. The number of carbonyl (C=O) groups is 2. The van der Waals surface area contributed by atoms with Gasteiger partial charge in [0.25, 0.3) is 0 Å². The smallest absolute Gasteiger partial charge is 0.237 e. The molecule has 4 unspecified atom stereocenters. The molecule has 4 atom stereocenters. The van der Waals surface area contributed by atoms with E-state index in [-0.39, 0.29) is 46.9 Å². The summed E-state index contributed by atoms with van der Waals surface area (Å²) in [5.74, 6) is 1.41. The van der Waals surface area contributed by atoms with E-state index in [9.17, 15) is 9.59 Å². The van der Waals surface area contributed by atoms with Gasteiger partial charge in [-0.1, -0.05) is 0 Å². The SMILES string of the molecule is N=C(N)C1CCC2CC(C(=O)NC3CCC(Cl)CC3)N(CC3CCC(C(N)=O)CC3)C2C1. The van der Waals surface area contributed by atoms with Crippen LogP contribution in [0.5, 0.6) is 0 Å². The van der Waals surface area contributed by atoms with Crippen molar-refractivity contribution in [3.8, 4) is 0 Å². The van der Waals surface area contributed by atoms with Crippen LogP contribution in [0.25, 0.3) is 0 Å². The van der Waals surface area contributed by atoms with E-state index in [2.05, 4.69) is 10.2 Å². The minimum absolute atomic E-state index is 0.00510. The van der Waals surface area contributed by atoms with Crippen LogP contribution >= 0.6 is 11.6 Å². The molecule has 32 heavy (non-hydrogen) atoms. The van der Waals surface area contributed by atoms with Gasteiger partial charge in [0, 0.05) is 35.8 Å². The molecule has 0 spiro atoms. The molecule has 0 radical (unpaired) electrons. The first-order chi connectivity index (χ1) is 15.3. The molecule has 0 aromatic heterocycles. The molecule has 7 nitrogen and oxygen atoms in total. The van der Waals surface area contributed by atoms with Crippen LogP contribution in [0.3, 0.4) is 0 Å². The van der Waals surface area contributed by atoms with Crippen LogP contribution in [0.2, 0.25) is 0 Å². The predicted octanol–water partition coefficient (Wildman–Crippen LogP) is 2.74. The Balaban J connectivity index is 1.43. The number of hydrogen-bond donors (Lipinski definition) is 4. The fourth-order valence-electron chi connectivity index (χ4n) is 6.77. The maximum Gasteiger partial charge on any atom is 0.237 e. The second-order valence-corrected chi connectivity index (χ2v) is 11.4. The molecule has 1 saturated heterocycles. The lowest BCUT2D eigenvalue weighted by atomic mass is 9.77. The molecule has 6 N–H and O–H groups in total. The van der Waals surface area contributed by atoms with Crippen LogP contribution in [0.15, 0.2) is 0 Å². The van der Waals surface area contributed by atoms with Crippen molar-refractivity contribution >= 4 is 29.3 Å². The molecule has 4 fully saturated rings. The zero-order valence-electron chi connectivity index (χ0n) is 19.1. The van der Waals surface area contributed by atoms with Crippen molar-refractivity contribution in [2.75, 3.05) is 6.54 Å². The number of amides is 2. The van der Waals surface area contributed by atoms with Crippen LogP contribution in [0.4, 0.5) is 0 Å². The van der Waals surface area contributed by atoms with Gasteiger partial charge in [0.05, 0.1) is 11.9 Å². The number of alkyl halides is 1. The molecule has 1 heterocycles. The molecule has 1 aliphatic heterocycles. The number of fused-ring (bicyclic) bond motifs is 1. The Morgan fingerprint density at radius 3 is 2.19 bits per heavy atom. The minimum atomic E-state index is -0.176. The summed E-state index contributed by atoms with van der Waals surface area (Å²) in [5, 5.41) is 11.6. The summed E-state index contributed by atoms with van der Waals surface area (Å²) in [6.45, 7) is 0.893. The third kappa shape index (κ3) is 5.41. The lowest BCUT2D eigenvalue weighted by molar-refractivity contribution is -0.127. The number of amidine groups is 1. The van der Waals surface area contributed by atoms with Gasteiger partial charge in [0.15, 0.2) is 0 Å². The molecule has 0 aromatic carbocycles. The monoisotopic (exact) mass is 465 g/mol. The molecule has 4 rings (SSSR count). The maximum atomic E-state index is 13.4. The third-order valence-electron chi connectivity index (χ3n) is 8.77. The zero-order chi connectivity index (χ0) is 22.8. The fourth-order valence-corrected chi connectivity index (χ4v) is 7.02. The Kier molecular flexibility index (Phi) is 7.65. The first-order valence-corrected chi connectivity index (χ1v) is 13.1.